The van der Waals surface area contributed by atoms with Gasteiger partial charge in [-0.1, -0.05) is 30.3 Å². The van der Waals surface area contributed by atoms with Crippen LogP contribution >= 0.6 is 0 Å². The van der Waals surface area contributed by atoms with Gasteiger partial charge in [-0.15, -0.1) is 0 Å². The minimum atomic E-state index is -0.178. The second-order valence-corrected chi connectivity index (χ2v) is 6.92. The molecule has 1 aromatic carbocycles. The lowest BCUT2D eigenvalue weighted by atomic mass is 9.97. The molecule has 0 spiro atoms. The van der Waals surface area contributed by atoms with Gasteiger partial charge in [-0.2, -0.15) is 0 Å². The summed E-state index contributed by atoms with van der Waals surface area (Å²) in [6, 6.07) is 13.4. The molecule has 142 valence electrons. The fourth-order valence-electron chi connectivity index (χ4n) is 3.60. The first-order valence-corrected chi connectivity index (χ1v) is 9.45. The standard InChI is InChI=1S/C21H24N2O4/c24-20(23-10-4-7-18(14-23)21-25-11-12-26-21)17-8-9-22-19(13-17)27-15-16-5-2-1-3-6-16/h1-3,5-6,8-9,13,18,21H,4,7,10-12,14-15H2. The molecule has 27 heavy (non-hydrogen) atoms. The molecule has 0 N–H and O–H groups in total. The van der Waals surface area contributed by atoms with E-state index in [9.17, 15) is 4.79 Å². The number of benzene rings is 1. The molecule has 0 bridgehead atoms. The number of hydrogen-bond donors (Lipinski definition) is 0. The minimum Gasteiger partial charge on any atom is -0.473 e. The van der Waals surface area contributed by atoms with Crippen LogP contribution in [0.5, 0.6) is 5.88 Å². The van der Waals surface area contributed by atoms with Crippen molar-refractivity contribution in [1.82, 2.24) is 9.88 Å². The summed E-state index contributed by atoms with van der Waals surface area (Å²) in [6.07, 6.45) is 3.43. The molecule has 4 rings (SSSR count). The van der Waals surface area contributed by atoms with Crippen molar-refractivity contribution in [1.29, 1.82) is 0 Å². The van der Waals surface area contributed by atoms with Crippen LogP contribution in [0, 0.1) is 5.92 Å². The van der Waals surface area contributed by atoms with Crippen molar-refractivity contribution < 1.29 is 19.0 Å². The van der Waals surface area contributed by atoms with E-state index in [1.54, 1.807) is 18.3 Å². The molecule has 2 aliphatic rings. The zero-order valence-corrected chi connectivity index (χ0v) is 15.3. The maximum atomic E-state index is 12.9. The summed E-state index contributed by atoms with van der Waals surface area (Å²) >= 11 is 0. The molecule has 1 aromatic heterocycles. The van der Waals surface area contributed by atoms with Crippen LogP contribution in [0.4, 0.5) is 0 Å². The summed E-state index contributed by atoms with van der Waals surface area (Å²) in [5.41, 5.74) is 1.66. The van der Waals surface area contributed by atoms with Crippen LogP contribution in [-0.2, 0) is 16.1 Å². The van der Waals surface area contributed by atoms with E-state index in [1.165, 1.54) is 0 Å². The van der Waals surface area contributed by atoms with Gasteiger partial charge in [-0.3, -0.25) is 4.79 Å². The van der Waals surface area contributed by atoms with E-state index < -0.39 is 0 Å². The molecule has 1 amide bonds. The Labute approximate surface area is 159 Å². The van der Waals surface area contributed by atoms with E-state index in [1.807, 2.05) is 35.2 Å². The van der Waals surface area contributed by atoms with Gasteiger partial charge in [0.25, 0.3) is 5.91 Å². The maximum absolute atomic E-state index is 12.9. The van der Waals surface area contributed by atoms with Gasteiger partial charge in [0.05, 0.1) is 13.2 Å². The first-order valence-electron chi connectivity index (χ1n) is 9.45. The molecule has 2 aromatic rings. The van der Waals surface area contributed by atoms with Crippen molar-refractivity contribution in [2.75, 3.05) is 26.3 Å². The van der Waals surface area contributed by atoms with E-state index >= 15 is 0 Å². The lowest BCUT2D eigenvalue weighted by molar-refractivity contribution is -0.0969. The van der Waals surface area contributed by atoms with Crippen LogP contribution in [0.1, 0.15) is 28.8 Å². The van der Waals surface area contributed by atoms with E-state index in [4.69, 9.17) is 14.2 Å². The van der Waals surface area contributed by atoms with E-state index in [0.29, 0.717) is 37.8 Å². The molecule has 0 aliphatic carbocycles. The second kappa shape index (κ2) is 8.50. The number of rotatable bonds is 5. The summed E-state index contributed by atoms with van der Waals surface area (Å²) in [7, 11) is 0. The van der Waals surface area contributed by atoms with Crippen molar-refractivity contribution in [3.8, 4) is 5.88 Å². The van der Waals surface area contributed by atoms with Gasteiger partial charge in [0.15, 0.2) is 6.29 Å². The van der Waals surface area contributed by atoms with Crippen LogP contribution in [0.25, 0.3) is 0 Å². The van der Waals surface area contributed by atoms with Crippen LogP contribution < -0.4 is 4.74 Å². The molecular weight excluding hydrogens is 344 g/mol. The first kappa shape index (κ1) is 17.9. The molecule has 3 heterocycles. The molecule has 1 unspecified atom stereocenters. The number of carbonyl (C=O) groups is 1. The Balaban J connectivity index is 1.39. The third kappa shape index (κ3) is 4.46. The topological polar surface area (TPSA) is 60.9 Å². The Hall–Kier alpha value is -2.44. The van der Waals surface area contributed by atoms with E-state index in [-0.39, 0.29) is 18.1 Å². The smallest absolute Gasteiger partial charge is 0.254 e. The highest BCUT2D eigenvalue weighted by Crippen LogP contribution is 2.26. The zero-order valence-electron chi connectivity index (χ0n) is 15.3. The number of pyridine rings is 1. The number of hydrogen-bond acceptors (Lipinski definition) is 5. The maximum Gasteiger partial charge on any atom is 0.254 e. The predicted molar refractivity (Wildman–Crippen MR) is 99.3 cm³/mol. The first-order chi connectivity index (χ1) is 13.3. The van der Waals surface area contributed by atoms with Crippen molar-refractivity contribution in [2.45, 2.75) is 25.7 Å². The van der Waals surface area contributed by atoms with Gasteiger partial charge in [-0.05, 0) is 24.5 Å². The number of nitrogens with zero attached hydrogens (tertiary/aromatic N) is 2. The average molecular weight is 368 g/mol. The van der Waals surface area contributed by atoms with E-state index in [0.717, 1.165) is 24.9 Å². The van der Waals surface area contributed by atoms with Crippen LogP contribution in [0.15, 0.2) is 48.7 Å². The summed E-state index contributed by atoms with van der Waals surface area (Å²) in [5.74, 6) is 0.700. The Kier molecular flexibility index (Phi) is 5.65. The predicted octanol–water partition coefficient (Wildman–Crippen LogP) is 2.89. The quantitative estimate of drug-likeness (QED) is 0.812. The zero-order chi connectivity index (χ0) is 18.5. The molecule has 2 fully saturated rings. The highest BCUT2D eigenvalue weighted by molar-refractivity contribution is 5.94. The Morgan fingerprint density at radius 2 is 2.00 bits per heavy atom. The SMILES string of the molecule is O=C(c1ccnc(OCc2ccccc2)c1)N1CCCC(C2OCCO2)C1. The Morgan fingerprint density at radius 1 is 1.19 bits per heavy atom. The highest BCUT2D eigenvalue weighted by atomic mass is 16.7. The average Bonchev–Trinajstić information content (AvgIpc) is 3.28. The van der Waals surface area contributed by atoms with Gasteiger partial charge in [0.1, 0.15) is 6.61 Å². The number of aromatic nitrogens is 1. The van der Waals surface area contributed by atoms with E-state index in [2.05, 4.69) is 4.98 Å². The van der Waals surface area contributed by atoms with Crippen LogP contribution in [0.3, 0.4) is 0 Å². The van der Waals surface area contributed by atoms with Gasteiger partial charge < -0.3 is 19.1 Å². The van der Waals surface area contributed by atoms with Crippen LogP contribution in [-0.4, -0.2) is 48.4 Å². The fraction of sp³-hybridized carbons (Fsp3) is 0.429. The number of ether oxygens (including phenoxy) is 3. The van der Waals surface area contributed by atoms with Crippen molar-refractivity contribution in [2.24, 2.45) is 5.92 Å². The van der Waals surface area contributed by atoms with Gasteiger partial charge >= 0.3 is 0 Å². The van der Waals surface area contributed by atoms with Crippen molar-refractivity contribution in [3.63, 3.8) is 0 Å². The van der Waals surface area contributed by atoms with Crippen molar-refractivity contribution >= 4 is 5.91 Å². The molecule has 0 saturated carbocycles. The number of likely N-dealkylation sites (tertiary alicyclic amines) is 1. The molecule has 6 heteroatoms. The van der Waals surface area contributed by atoms with Gasteiger partial charge in [0.2, 0.25) is 5.88 Å². The van der Waals surface area contributed by atoms with Crippen molar-refractivity contribution in [3.05, 3.63) is 59.8 Å². The summed E-state index contributed by atoms with van der Waals surface area (Å²) < 4.78 is 17.0. The molecule has 2 aliphatic heterocycles. The van der Waals surface area contributed by atoms with Gasteiger partial charge in [-0.25, -0.2) is 4.98 Å². The molecule has 1 atom stereocenters. The third-order valence-corrected chi connectivity index (χ3v) is 4.99. The van der Waals surface area contributed by atoms with Gasteiger partial charge in [0, 0.05) is 36.8 Å². The molecular formula is C21H24N2O4. The van der Waals surface area contributed by atoms with Crippen LogP contribution in [0.2, 0.25) is 0 Å². The highest BCUT2D eigenvalue weighted by Gasteiger charge is 2.33. The summed E-state index contributed by atoms with van der Waals surface area (Å²) in [4.78, 5) is 19.1. The monoisotopic (exact) mass is 368 g/mol. The summed E-state index contributed by atoms with van der Waals surface area (Å²) in [6.45, 7) is 3.12. The normalized spacial score (nSPS) is 20.6. The number of carbonyl (C=O) groups excluding carboxylic acids is 1. The number of piperidine rings is 1. The third-order valence-electron chi connectivity index (χ3n) is 4.99. The fourth-order valence-corrected chi connectivity index (χ4v) is 3.60. The lowest BCUT2D eigenvalue weighted by Crippen LogP contribution is -2.43. The molecule has 0 radical (unpaired) electrons. The number of amides is 1. The second-order valence-electron chi connectivity index (χ2n) is 6.92. The Morgan fingerprint density at radius 3 is 2.81 bits per heavy atom. The molecule has 2 saturated heterocycles. The molecule has 6 nitrogen and oxygen atoms in total. The largest absolute Gasteiger partial charge is 0.473 e. The minimum absolute atomic E-state index is 0.00431. The Bertz CT molecular complexity index is 762. The summed E-state index contributed by atoms with van der Waals surface area (Å²) in [5, 5.41) is 0. The lowest BCUT2D eigenvalue weighted by Gasteiger charge is -2.34.